The number of methoxy groups -OCH3 is 2. The molecule has 2 amide bonds. The second kappa shape index (κ2) is 18.4. The van der Waals surface area contributed by atoms with Crippen molar-refractivity contribution in [2.45, 2.75) is 75.3 Å². The molecule has 1 aliphatic carbocycles. The van der Waals surface area contributed by atoms with Crippen molar-refractivity contribution in [3.63, 3.8) is 0 Å². The number of fused-ring (bicyclic) bond motifs is 2. The first-order chi connectivity index (χ1) is 26.6. The van der Waals surface area contributed by atoms with E-state index in [4.69, 9.17) is 24.1 Å². The van der Waals surface area contributed by atoms with Gasteiger partial charge in [0.05, 0.1) is 43.5 Å². The van der Waals surface area contributed by atoms with E-state index in [-0.39, 0.29) is 42.2 Å². The fourth-order valence-corrected chi connectivity index (χ4v) is 8.01. The Morgan fingerprint density at radius 2 is 1.73 bits per heavy atom. The number of halogens is 2. The van der Waals surface area contributed by atoms with Crippen LogP contribution in [0.1, 0.15) is 48.8 Å². The number of benzene rings is 3. The number of amides is 2. The van der Waals surface area contributed by atoms with E-state index in [0.29, 0.717) is 72.9 Å². The summed E-state index contributed by atoms with van der Waals surface area (Å²) in [6.45, 7) is 1.92. The summed E-state index contributed by atoms with van der Waals surface area (Å²) in [6.07, 6.45) is 3.87. The molecule has 0 unspecified atom stereocenters. The Morgan fingerprint density at radius 1 is 1.02 bits per heavy atom. The monoisotopic (exact) mass is 822 g/mol. The van der Waals surface area contributed by atoms with E-state index in [1.807, 2.05) is 28.0 Å². The molecule has 0 spiro atoms. The van der Waals surface area contributed by atoms with Crippen molar-refractivity contribution < 1.29 is 43.2 Å². The average Bonchev–Trinajstić information content (AvgIpc) is 3.94. The van der Waals surface area contributed by atoms with Crippen LogP contribution in [-0.4, -0.2) is 109 Å². The van der Waals surface area contributed by atoms with Gasteiger partial charge in [0.1, 0.15) is 23.1 Å². The minimum Gasteiger partial charge on any atom is -0.497 e. The molecule has 12 nitrogen and oxygen atoms in total. The summed E-state index contributed by atoms with van der Waals surface area (Å²) in [4.78, 5) is 40.8. The van der Waals surface area contributed by atoms with Crippen LogP contribution in [0.2, 0.25) is 0 Å². The molecule has 4 aliphatic rings. The topological polar surface area (TPSA) is 150 Å². The minimum absolute atomic E-state index is 0.0171. The number of nitrogens with one attached hydrogen (secondary N) is 2. The molecular formula is C41H48BrFN4O8. The largest absolute Gasteiger partial charge is 0.497 e. The molecule has 0 aromatic heterocycles. The van der Waals surface area contributed by atoms with E-state index >= 15 is 0 Å². The van der Waals surface area contributed by atoms with Crippen molar-refractivity contribution in [3.05, 3.63) is 93.2 Å². The molecule has 1 saturated carbocycles. The number of carbonyl (C=O) groups is 3. The summed E-state index contributed by atoms with van der Waals surface area (Å²) in [6, 6.07) is 17.9. The molecular weight excluding hydrogens is 775 g/mol. The van der Waals surface area contributed by atoms with Crippen molar-refractivity contribution in [3.8, 4) is 17.2 Å². The lowest BCUT2D eigenvalue weighted by molar-refractivity contribution is -0.136. The Labute approximate surface area is 328 Å². The second-order valence-electron chi connectivity index (χ2n) is 14.3. The molecule has 2 bridgehead atoms. The first kappa shape index (κ1) is 40.2. The number of hydrogen-bond acceptors (Lipinski definition) is 9. The van der Waals surface area contributed by atoms with Crippen LogP contribution < -0.4 is 24.8 Å². The van der Waals surface area contributed by atoms with Gasteiger partial charge in [-0.3, -0.25) is 14.4 Å². The number of carbonyl (C=O) groups excluding carboxylic acids is 2. The molecule has 3 fully saturated rings. The van der Waals surface area contributed by atoms with Crippen LogP contribution >= 0.6 is 15.9 Å². The Bertz CT molecular complexity index is 1850. The maximum atomic E-state index is 14.9. The van der Waals surface area contributed by atoms with Crippen LogP contribution in [0.4, 0.5) is 4.39 Å². The molecule has 4 N–H and O–H groups in total. The fourth-order valence-electron chi connectivity index (χ4n) is 7.65. The van der Waals surface area contributed by atoms with Gasteiger partial charge >= 0.3 is 0 Å². The lowest BCUT2D eigenvalue weighted by atomic mass is 9.82. The van der Waals surface area contributed by atoms with E-state index in [2.05, 4.69) is 50.8 Å². The second-order valence-corrected chi connectivity index (χ2v) is 15.2. The molecule has 3 heterocycles. The smallest absolute Gasteiger partial charge is 0.290 e. The summed E-state index contributed by atoms with van der Waals surface area (Å²) in [5, 5.41) is 23.9. The number of aliphatic hydroxyl groups is 1. The number of nitrogens with zero attached hydrogens (tertiary/aromatic N) is 2. The summed E-state index contributed by atoms with van der Waals surface area (Å²) < 4.78 is 31.3. The Kier molecular flexibility index (Phi) is 13.5. The van der Waals surface area contributed by atoms with Crippen molar-refractivity contribution in [1.29, 1.82) is 0 Å². The molecule has 0 radical (unpaired) electrons. The van der Waals surface area contributed by atoms with Gasteiger partial charge in [0.2, 0.25) is 5.91 Å². The summed E-state index contributed by atoms with van der Waals surface area (Å²) >= 11 is 3.41. The normalized spacial score (nSPS) is 21.7. The Morgan fingerprint density at radius 3 is 2.36 bits per heavy atom. The zero-order valence-corrected chi connectivity index (χ0v) is 32.6. The molecule has 14 heteroatoms. The van der Waals surface area contributed by atoms with E-state index in [9.17, 15) is 19.1 Å². The van der Waals surface area contributed by atoms with Gasteiger partial charge in [-0.2, -0.15) is 0 Å². The molecule has 2 saturated heterocycles. The maximum absolute atomic E-state index is 14.9. The number of piperazine rings is 1. The van der Waals surface area contributed by atoms with Gasteiger partial charge in [-0.25, -0.2) is 4.39 Å². The molecule has 3 aromatic rings. The summed E-state index contributed by atoms with van der Waals surface area (Å²) in [5.41, 5.74) is 4.78. The third-order valence-corrected chi connectivity index (χ3v) is 11.1. The lowest BCUT2D eigenvalue weighted by Gasteiger charge is -2.45. The van der Waals surface area contributed by atoms with E-state index in [0.717, 1.165) is 47.9 Å². The first-order valence-electron chi connectivity index (χ1n) is 18.6. The quantitative estimate of drug-likeness (QED) is 0.143. The number of aryl methyl sites for hydroxylation is 1. The molecule has 294 valence electrons. The highest BCUT2D eigenvalue weighted by Crippen LogP contribution is 2.38. The van der Waals surface area contributed by atoms with Gasteiger partial charge in [0.15, 0.2) is 0 Å². The van der Waals surface area contributed by atoms with Crippen LogP contribution in [0.5, 0.6) is 17.2 Å². The number of aliphatic hydroxyl groups excluding tert-OH is 1. The van der Waals surface area contributed by atoms with E-state index in [1.165, 1.54) is 12.1 Å². The van der Waals surface area contributed by atoms with E-state index < -0.39 is 12.1 Å². The van der Waals surface area contributed by atoms with Crippen molar-refractivity contribution in [2.75, 3.05) is 40.5 Å². The van der Waals surface area contributed by atoms with Crippen molar-refractivity contribution >= 4 is 39.8 Å². The van der Waals surface area contributed by atoms with Gasteiger partial charge in [-0.05, 0) is 101 Å². The van der Waals surface area contributed by atoms with Gasteiger partial charge in [0, 0.05) is 56.0 Å². The number of β-amino-alcohol motifs (C(OH)–C–C–N with tert-alkyl or cyclic N) is 1. The zero-order chi connectivity index (χ0) is 39.1. The van der Waals surface area contributed by atoms with Crippen molar-refractivity contribution in [1.82, 2.24) is 20.4 Å². The molecule has 55 heavy (non-hydrogen) atoms. The third-order valence-electron chi connectivity index (χ3n) is 10.4. The van der Waals surface area contributed by atoms with Crippen LogP contribution in [0.25, 0.3) is 5.57 Å². The standard InChI is InChI=1S/C40H46BrFN4O6.CH2O2/c1-50-31-14-25(15-32(19-31)51-2)21-46(29-10-11-29)40(49)38-33(17-28-22-45(23-36(38)44-28)39(48)35-18-30(47)20-43-35)26-7-5-24(6-8-26)4-3-13-52-37-16-27(42)9-12-34(37)41;2-1-3/h5-9,12,14-16,19,28-30,35-36,43-44,47H,3-4,10-11,13,17-18,20-23H2,1-2H3;1H,(H,2,3)/t28-,30+,35-,36-;/m0./s1. The number of hydrogen-bond donors (Lipinski definition) is 4. The maximum Gasteiger partial charge on any atom is 0.290 e. The Hall–Kier alpha value is -4.50. The molecule has 3 aliphatic heterocycles. The summed E-state index contributed by atoms with van der Waals surface area (Å²) in [5.74, 6) is 1.43. The van der Waals surface area contributed by atoms with Crippen LogP contribution in [-0.2, 0) is 27.3 Å². The van der Waals surface area contributed by atoms with Gasteiger partial charge in [-0.15, -0.1) is 0 Å². The first-order valence-corrected chi connectivity index (χ1v) is 19.4. The van der Waals surface area contributed by atoms with E-state index in [1.54, 1.807) is 20.3 Å². The predicted molar refractivity (Wildman–Crippen MR) is 207 cm³/mol. The van der Waals surface area contributed by atoms with Crippen LogP contribution in [0.15, 0.2) is 70.7 Å². The molecule has 4 atom stereocenters. The predicted octanol–water partition coefficient (Wildman–Crippen LogP) is 4.56. The fraction of sp³-hybridized carbons (Fsp3) is 0.439. The number of ether oxygens (including phenoxy) is 3. The van der Waals surface area contributed by atoms with Crippen LogP contribution in [0.3, 0.4) is 0 Å². The van der Waals surface area contributed by atoms with Gasteiger partial charge < -0.3 is 44.9 Å². The molecule has 3 aromatic carbocycles. The Balaban J connectivity index is 0.00000166. The van der Waals surface area contributed by atoms with Gasteiger partial charge in [-0.1, -0.05) is 24.3 Å². The highest BCUT2D eigenvalue weighted by atomic mass is 79.9. The minimum atomic E-state index is -0.534. The van der Waals surface area contributed by atoms with Gasteiger partial charge in [0.25, 0.3) is 12.4 Å². The van der Waals surface area contributed by atoms with Crippen molar-refractivity contribution in [2.24, 2.45) is 0 Å². The molecule has 7 rings (SSSR count). The highest BCUT2D eigenvalue weighted by Gasteiger charge is 2.44. The highest BCUT2D eigenvalue weighted by molar-refractivity contribution is 9.10. The SMILES string of the molecule is COc1cc(CN(C(=O)C2=C(c3ccc(CCCOc4cc(F)ccc4Br)cc3)C[C@H]3CN(C(=O)[C@@H]4C[C@@H](O)CN4)C[C@@H]2N3)C2CC2)cc(OC)c1.O=CO. The van der Waals surface area contributed by atoms with Crippen LogP contribution in [0, 0.1) is 5.82 Å². The lowest BCUT2D eigenvalue weighted by Crippen LogP contribution is -2.63. The average molecular weight is 824 g/mol. The third kappa shape index (κ3) is 10.0. The summed E-state index contributed by atoms with van der Waals surface area (Å²) in [7, 11) is 3.24. The zero-order valence-electron chi connectivity index (χ0n) is 31.0. The number of carboxylic acid groups (broad SMARTS) is 1. The number of rotatable bonds is 13.